The zero-order valence-electron chi connectivity index (χ0n) is 20.1. The summed E-state index contributed by atoms with van der Waals surface area (Å²) in [5.41, 5.74) is 9.77. The number of hydrogen-bond acceptors (Lipinski definition) is 2. The Labute approximate surface area is 212 Å². The van der Waals surface area contributed by atoms with Crippen molar-refractivity contribution >= 4 is 11.4 Å². The fraction of sp³-hybridized carbons (Fsp3) is 0.182. The summed E-state index contributed by atoms with van der Waals surface area (Å²) in [6, 6.07) is 36.0. The van der Waals surface area contributed by atoms with Gasteiger partial charge in [0, 0.05) is 47.9 Å². The number of fused-ring (bicyclic) bond motifs is 12. The lowest BCUT2D eigenvalue weighted by Gasteiger charge is -2.38. The van der Waals surface area contributed by atoms with Crippen LogP contribution in [0.4, 0.5) is 11.4 Å². The predicted octanol–water partition coefficient (Wildman–Crippen LogP) is 6.61. The fourth-order valence-electron chi connectivity index (χ4n) is 7.20. The molecule has 4 heterocycles. The van der Waals surface area contributed by atoms with Gasteiger partial charge in [-0.05, 0) is 59.4 Å². The molecule has 4 atom stereocenters. The van der Waals surface area contributed by atoms with Crippen LogP contribution >= 0.6 is 0 Å². The standard InChI is InChI=1S/C33H28N3/c1-2-11-26(12-3-1)34-18-19-35-29-15-7-4-10-23(29)20-25-21-24(22-31(34)35)32-28-14-6-5-13-27(28)30-16-8-9-17-36(30)33(25)32/h1-19,21,24,31-33H,20,22H2/q+1. The molecule has 8 rings (SSSR count). The molecule has 4 aliphatic rings. The molecule has 2 bridgehead atoms. The van der Waals surface area contributed by atoms with Gasteiger partial charge in [-0.25, -0.2) is 0 Å². The highest BCUT2D eigenvalue weighted by atomic mass is 15.4. The maximum atomic E-state index is 2.64. The first-order valence-corrected chi connectivity index (χ1v) is 13.0. The second kappa shape index (κ2) is 7.69. The van der Waals surface area contributed by atoms with E-state index in [1.54, 1.807) is 5.57 Å². The van der Waals surface area contributed by atoms with Crippen molar-refractivity contribution in [2.24, 2.45) is 5.92 Å². The molecule has 0 radical (unpaired) electrons. The lowest BCUT2D eigenvalue weighted by atomic mass is 9.76. The van der Waals surface area contributed by atoms with Gasteiger partial charge in [0.05, 0.1) is 5.92 Å². The zero-order chi connectivity index (χ0) is 23.6. The molecule has 3 heteroatoms. The van der Waals surface area contributed by atoms with E-state index in [1.165, 1.54) is 33.8 Å². The Bertz CT molecular complexity index is 1540. The Balaban J connectivity index is 1.32. The molecule has 174 valence electrons. The smallest absolute Gasteiger partial charge is 0.213 e. The van der Waals surface area contributed by atoms with Crippen LogP contribution in [0.1, 0.15) is 29.5 Å². The Morgan fingerprint density at radius 1 is 0.722 bits per heavy atom. The summed E-state index contributed by atoms with van der Waals surface area (Å²) < 4.78 is 2.56. The molecule has 1 aliphatic carbocycles. The van der Waals surface area contributed by atoms with Crippen molar-refractivity contribution in [1.29, 1.82) is 0 Å². The average Bonchev–Trinajstić information content (AvgIpc) is 3.53. The topological polar surface area (TPSA) is 10.4 Å². The molecule has 3 aliphatic heterocycles. The van der Waals surface area contributed by atoms with E-state index < -0.39 is 0 Å². The highest BCUT2D eigenvalue weighted by Gasteiger charge is 2.51. The van der Waals surface area contributed by atoms with Gasteiger partial charge in [0.25, 0.3) is 0 Å². The number of aromatic nitrogens is 1. The number of hydrogen-bond donors (Lipinski definition) is 0. The first-order chi connectivity index (χ1) is 17.9. The molecular weight excluding hydrogens is 438 g/mol. The largest absolute Gasteiger partial charge is 0.325 e. The van der Waals surface area contributed by atoms with E-state index in [-0.39, 0.29) is 6.17 Å². The van der Waals surface area contributed by atoms with E-state index in [9.17, 15) is 0 Å². The summed E-state index contributed by atoms with van der Waals surface area (Å²) in [7, 11) is 0. The lowest BCUT2D eigenvalue weighted by Crippen LogP contribution is -2.49. The molecule has 0 N–H and O–H groups in total. The summed E-state index contributed by atoms with van der Waals surface area (Å²) in [5, 5.41) is 0. The summed E-state index contributed by atoms with van der Waals surface area (Å²) in [4.78, 5) is 4.99. The van der Waals surface area contributed by atoms with Gasteiger partial charge in [-0.1, -0.05) is 60.7 Å². The summed E-state index contributed by atoms with van der Waals surface area (Å²) in [6.45, 7) is 0. The third-order valence-corrected chi connectivity index (χ3v) is 8.63. The summed E-state index contributed by atoms with van der Waals surface area (Å²) in [6.07, 6.45) is 11.8. The minimum atomic E-state index is 0.238. The monoisotopic (exact) mass is 466 g/mol. The van der Waals surface area contributed by atoms with Crippen LogP contribution in [0.25, 0.3) is 11.3 Å². The number of anilines is 2. The van der Waals surface area contributed by atoms with Crippen molar-refractivity contribution in [2.45, 2.75) is 31.0 Å². The van der Waals surface area contributed by atoms with E-state index in [0.717, 1.165) is 12.8 Å². The van der Waals surface area contributed by atoms with Gasteiger partial charge in [-0.2, -0.15) is 4.57 Å². The highest BCUT2D eigenvalue weighted by Crippen LogP contribution is 2.54. The molecule has 4 unspecified atom stereocenters. The minimum absolute atomic E-state index is 0.238. The Morgan fingerprint density at radius 2 is 1.50 bits per heavy atom. The first-order valence-electron chi connectivity index (χ1n) is 13.0. The van der Waals surface area contributed by atoms with E-state index in [0.29, 0.717) is 17.9 Å². The number of rotatable bonds is 1. The minimum Gasteiger partial charge on any atom is -0.325 e. The third-order valence-electron chi connectivity index (χ3n) is 8.63. The normalized spacial score (nSPS) is 24.9. The molecule has 3 aromatic carbocycles. The number of para-hydroxylation sites is 2. The van der Waals surface area contributed by atoms with Crippen LogP contribution in [-0.4, -0.2) is 6.17 Å². The molecule has 1 aromatic heterocycles. The van der Waals surface area contributed by atoms with E-state index >= 15 is 0 Å². The maximum Gasteiger partial charge on any atom is 0.213 e. The molecule has 36 heavy (non-hydrogen) atoms. The fourth-order valence-corrected chi connectivity index (χ4v) is 7.20. The van der Waals surface area contributed by atoms with Crippen LogP contribution in [0.2, 0.25) is 0 Å². The quantitative estimate of drug-likeness (QED) is 0.231. The number of nitrogens with zero attached hydrogens (tertiary/aromatic N) is 3. The van der Waals surface area contributed by atoms with Crippen molar-refractivity contribution in [1.82, 2.24) is 0 Å². The maximum absolute atomic E-state index is 2.64. The van der Waals surface area contributed by atoms with Gasteiger partial charge in [0.1, 0.15) is 6.17 Å². The van der Waals surface area contributed by atoms with Gasteiger partial charge in [-0.15, -0.1) is 0 Å². The van der Waals surface area contributed by atoms with E-state index in [2.05, 4.69) is 136 Å². The highest BCUT2D eigenvalue weighted by molar-refractivity contribution is 5.67. The average molecular weight is 467 g/mol. The SMILES string of the molecule is C1=CN2c3ccccc3CC3=CC(CC2N1c1ccccc1)C1c2ccccc2-c2cccc[n+]2C31. The van der Waals surface area contributed by atoms with Crippen LogP contribution in [-0.2, 0) is 6.42 Å². The van der Waals surface area contributed by atoms with Crippen LogP contribution in [0.5, 0.6) is 0 Å². The summed E-state index contributed by atoms with van der Waals surface area (Å²) >= 11 is 0. The van der Waals surface area contributed by atoms with Crippen LogP contribution in [0.15, 0.2) is 127 Å². The van der Waals surface area contributed by atoms with Gasteiger partial charge in [0.15, 0.2) is 12.2 Å². The molecule has 0 saturated heterocycles. The second-order valence-electron chi connectivity index (χ2n) is 10.4. The first kappa shape index (κ1) is 20.1. The van der Waals surface area contributed by atoms with Crippen LogP contribution < -0.4 is 14.4 Å². The Hall–Kier alpha value is -4.11. The van der Waals surface area contributed by atoms with Crippen molar-refractivity contribution in [3.63, 3.8) is 0 Å². The van der Waals surface area contributed by atoms with Gasteiger partial charge in [0.2, 0.25) is 5.69 Å². The Morgan fingerprint density at radius 3 is 2.44 bits per heavy atom. The van der Waals surface area contributed by atoms with Crippen molar-refractivity contribution < 1.29 is 4.57 Å². The van der Waals surface area contributed by atoms with Gasteiger partial charge >= 0.3 is 0 Å². The number of allylic oxidation sites excluding steroid dienone is 2. The van der Waals surface area contributed by atoms with Gasteiger partial charge in [-0.3, -0.25) is 0 Å². The van der Waals surface area contributed by atoms with Crippen molar-refractivity contribution in [3.05, 3.63) is 138 Å². The molecule has 0 amide bonds. The second-order valence-corrected chi connectivity index (χ2v) is 10.4. The zero-order valence-corrected chi connectivity index (χ0v) is 20.1. The van der Waals surface area contributed by atoms with Crippen LogP contribution in [0.3, 0.4) is 0 Å². The van der Waals surface area contributed by atoms with Gasteiger partial charge < -0.3 is 9.80 Å². The van der Waals surface area contributed by atoms with E-state index in [1.807, 2.05) is 0 Å². The van der Waals surface area contributed by atoms with Crippen molar-refractivity contribution in [3.8, 4) is 11.3 Å². The molecule has 0 saturated carbocycles. The summed E-state index contributed by atoms with van der Waals surface area (Å²) in [5.74, 6) is 0.904. The lowest BCUT2D eigenvalue weighted by molar-refractivity contribution is -0.709. The Kier molecular flexibility index (Phi) is 4.30. The molecule has 0 spiro atoms. The molecule has 4 aromatic rings. The van der Waals surface area contributed by atoms with Crippen molar-refractivity contribution in [2.75, 3.05) is 9.80 Å². The van der Waals surface area contributed by atoms with E-state index in [4.69, 9.17) is 0 Å². The molecular formula is C33H28N3+. The molecule has 3 nitrogen and oxygen atoms in total. The number of benzene rings is 3. The third kappa shape index (κ3) is 2.83. The molecule has 0 fully saturated rings. The predicted molar refractivity (Wildman–Crippen MR) is 145 cm³/mol. The van der Waals surface area contributed by atoms with Crippen LogP contribution in [0, 0.1) is 5.92 Å². The number of pyridine rings is 1.